The number of amides is 1. The van der Waals surface area contributed by atoms with Crippen molar-refractivity contribution in [2.45, 2.75) is 6.17 Å². The third-order valence-electron chi connectivity index (χ3n) is 4.15. The summed E-state index contributed by atoms with van der Waals surface area (Å²) in [5.41, 5.74) is 1.28. The van der Waals surface area contributed by atoms with Crippen molar-refractivity contribution in [1.29, 1.82) is 5.26 Å². The highest BCUT2D eigenvalue weighted by atomic mass is 35.5. The van der Waals surface area contributed by atoms with Gasteiger partial charge in [0.05, 0.1) is 19.2 Å². The van der Waals surface area contributed by atoms with Gasteiger partial charge in [-0.15, -0.1) is 12.6 Å². The lowest BCUT2D eigenvalue weighted by Crippen LogP contribution is -2.46. The molecule has 1 heterocycles. The summed E-state index contributed by atoms with van der Waals surface area (Å²) in [4.78, 5) is 14.2. The van der Waals surface area contributed by atoms with E-state index in [-0.39, 0.29) is 10.6 Å². The molecule has 0 fully saturated rings. The van der Waals surface area contributed by atoms with Gasteiger partial charge in [-0.25, -0.2) is 0 Å². The van der Waals surface area contributed by atoms with E-state index in [1.807, 2.05) is 6.07 Å². The molecular weight excluding hydrogens is 386 g/mol. The topological polar surface area (TPSA) is 74.6 Å². The minimum Gasteiger partial charge on any atom is -0.497 e. The number of nitrogens with one attached hydrogen (secondary N) is 1. The van der Waals surface area contributed by atoms with Gasteiger partial charge in [0.15, 0.2) is 0 Å². The fraction of sp³-hybridized carbons (Fsp3) is 0.158. The lowest BCUT2D eigenvalue weighted by Gasteiger charge is -2.38. The van der Waals surface area contributed by atoms with E-state index in [9.17, 15) is 10.1 Å². The zero-order valence-electron chi connectivity index (χ0n) is 14.6. The first kappa shape index (κ1) is 19.0. The number of nitrogens with zero attached hydrogens (tertiary/aromatic N) is 2. The number of hydrogen-bond donors (Lipinski definition) is 2. The van der Waals surface area contributed by atoms with Crippen molar-refractivity contribution in [1.82, 2.24) is 5.32 Å². The van der Waals surface area contributed by atoms with Crippen LogP contribution in [0.4, 0.5) is 5.69 Å². The van der Waals surface area contributed by atoms with Gasteiger partial charge in [-0.3, -0.25) is 4.79 Å². The molecule has 1 amide bonds. The van der Waals surface area contributed by atoms with Gasteiger partial charge in [-0.05, 0) is 42.5 Å². The number of halogens is 1. The van der Waals surface area contributed by atoms with Gasteiger partial charge in [-0.2, -0.15) is 5.26 Å². The van der Waals surface area contributed by atoms with E-state index in [2.05, 4.69) is 17.9 Å². The normalized spacial score (nSPS) is 16.6. The lowest BCUT2D eigenvalue weighted by atomic mass is 10.1. The largest absolute Gasteiger partial charge is 0.497 e. The Morgan fingerprint density at radius 2 is 1.89 bits per heavy atom. The standard InChI is InChI=1S/C19H16ClN3O3S/c1-25-13-7-8-16(26-2)14(9-13)17-22-18(24)15(10-21)19(27)23(17)12-5-3-11(20)4-6-12/h3-9,17,27H,1-2H3,(H,22,24)/t17-/m1/s1. The Bertz CT molecular complexity index is 954. The highest BCUT2D eigenvalue weighted by molar-refractivity contribution is 7.84. The molecule has 1 aliphatic heterocycles. The van der Waals surface area contributed by atoms with Crippen LogP contribution >= 0.6 is 24.2 Å². The molecule has 0 aromatic heterocycles. The third kappa shape index (κ3) is 3.54. The molecule has 1 N–H and O–H groups in total. The Hall–Kier alpha value is -2.82. The molecule has 138 valence electrons. The van der Waals surface area contributed by atoms with Crippen LogP contribution in [0.15, 0.2) is 53.1 Å². The molecule has 0 aliphatic carbocycles. The maximum atomic E-state index is 12.4. The Balaban J connectivity index is 2.21. The van der Waals surface area contributed by atoms with E-state index in [1.165, 1.54) is 0 Å². The number of carbonyl (C=O) groups is 1. The van der Waals surface area contributed by atoms with Crippen LogP contribution in [0, 0.1) is 11.3 Å². The predicted molar refractivity (Wildman–Crippen MR) is 106 cm³/mol. The summed E-state index contributed by atoms with van der Waals surface area (Å²) in [5, 5.41) is 13.0. The van der Waals surface area contributed by atoms with Crippen molar-refractivity contribution < 1.29 is 14.3 Å². The highest BCUT2D eigenvalue weighted by Gasteiger charge is 2.35. The molecule has 6 nitrogen and oxygen atoms in total. The van der Waals surface area contributed by atoms with Crippen LogP contribution in [-0.2, 0) is 4.79 Å². The molecule has 0 bridgehead atoms. The van der Waals surface area contributed by atoms with Crippen LogP contribution in [-0.4, -0.2) is 20.1 Å². The molecule has 1 aliphatic rings. The van der Waals surface area contributed by atoms with Gasteiger partial charge < -0.3 is 19.7 Å². The van der Waals surface area contributed by atoms with Crippen LogP contribution < -0.4 is 19.7 Å². The number of benzene rings is 2. The summed E-state index contributed by atoms with van der Waals surface area (Å²) < 4.78 is 10.8. The van der Waals surface area contributed by atoms with Gasteiger partial charge >= 0.3 is 0 Å². The zero-order chi connectivity index (χ0) is 19.6. The fourth-order valence-electron chi connectivity index (χ4n) is 2.85. The van der Waals surface area contributed by atoms with Gasteiger partial charge in [0.1, 0.15) is 29.3 Å². The number of ether oxygens (including phenoxy) is 2. The van der Waals surface area contributed by atoms with Crippen LogP contribution in [0.25, 0.3) is 0 Å². The summed E-state index contributed by atoms with van der Waals surface area (Å²) in [6.45, 7) is 0. The molecule has 2 aromatic carbocycles. The molecule has 0 saturated carbocycles. The summed E-state index contributed by atoms with van der Waals surface area (Å²) in [5.74, 6) is 0.649. The predicted octanol–water partition coefficient (Wildman–Crippen LogP) is 3.66. The first-order chi connectivity index (χ1) is 13.0. The Kier molecular flexibility index (Phi) is 5.49. The molecule has 27 heavy (non-hydrogen) atoms. The molecule has 0 radical (unpaired) electrons. The summed E-state index contributed by atoms with van der Waals surface area (Å²) in [6.07, 6.45) is -0.659. The second kappa shape index (κ2) is 7.82. The average molecular weight is 402 g/mol. The van der Waals surface area contributed by atoms with Crippen molar-refractivity contribution in [3.05, 3.63) is 63.7 Å². The number of methoxy groups -OCH3 is 2. The van der Waals surface area contributed by atoms with Crippen molar-refractivity contribution >= 4 is 35.8 Å². The lowest BCUT2D eigenvalue weighted by molar-refractivity contribution is -0.118. The monoisotopic (exact) mass is 401 g/mol. The minimum atomic E-state index is -0.659. The molecule has 2 aromatic rings. The maximum absolute atomic E-state index is 12.4. The van der Waals surface area contributed by atoms with Crippen LogP contribution in [0.3, 0.4) is 0 Å². The second-order valence-electron chi connectivity index (χ2n) is 5.64. The Morgan fingerprint density at radius 3 is 2.48 bits per heavy atom. The van der Waals surface area contributed by atoms with E-state index in [0.29, 0.717) is 27.8 Å². The number of thiol groups is 1. The quantitative estimate of drug-likeness (QED) is 0.765. The van der Waals surface area contributed by atoms with E-state index in [4.69, 9.17) is 21.1 Å². The maximum Gasteiger partial charge on any atom is 0.266 e. The van der Waals surface area contributed by atoms with E-state index in [0.717, 1.165) is 0 Å². The van der Waals surface area contributed by atoms with E-state index in [1.54, 1.807) is 61.6 Å². The highest BCUT2D eigenvalue weighted by Crippen LogP contribution is 2.40. The smallest absolute Gasteiger partial charge is 0.266 e. The number of carbonyl (C=O) groups excluding carboxylic acids is 1. The summed E-state index contributed by atoms with van der Waals surface area (Å²) >= 11 is 10.5. The minimum absolute atomic E-state index is 0.0774. The van der Waals surface area contributed by atoms with Crippen molar-refractivity contribution in [3.63, 3.8) is 0 Å². The number of hydrogen-bond acceptors (Lipinski definition) is 6. The third-order valence-corrected chi connectivity index (χ3v) is 4.84. The molecule has 3 rings (SSSR count). The summed E-state index contributed by atoms with van der Waals surface area (Å²) in [7, 11) is 3.10. The summed E-state index contributed by atoms with van der Waals surface area (Å²) in [6, 6.07) is 14.2. The van der Waals surface area contributed by atoms with Gasteiger partial charge in [0.2, 0.25) is 0 Å². The Morgan fingerprint density at radius 1 is 1.19 bits per heavy atom. The molecule has 0 saturated heterocycles. The molecule has 0 unspecified atom stereocenters. The van der Waals surface area contributed by atoms with E-state index < -0.39 is 12.1 Å². The SMILES string of the molecule is COc1ccc(OC)c([C@@H]2NC(=O)C(C#N)=C(S)N2c2ccc(Cl)cc2)c1. The van der Waals surface area contributed by atoms with Crippen molar-refractivity contribution in [2.75, 3.05) is 19.1 Å². The average Bonchev–Trinajstić information content (AvgIpc) is 2.68. The molecule has 0 spiro atoms. The van der Waals surface area contributed by atoms with Crippen molar-refractivity contribution in [2.24, 2.45) is 0 Å². The Labute approximate surface area is 167 Å². The number of nitriles is 1. The fourth-order valence-corrected chi connectivity index (χ4v) is 3.36. The second-order valence-corrected chi connectivity index (χ2v) is 6.50. The van der Waals surface area contributed by atoms with Crippen LogP contribution in [0.1, 0.15) is 11.7 Å². The number of rotatable bonds is 4. The van der Waals surface area contributed by atoms with Crippen LogP contribution in [0.5, 0.6) is 11.5 Å². The van der Waals surface area contributed by atoms with Gasteiger partial charge in [0.25, 0.3) is 5.91 Å². The van der Waals surface area contributed by atoms with Gasteiger partial charge in [-0.1, -0.05) is 11.6 Å². The molecule has 8 heteroatoms. The number of anilines is 1. The first-order valence-corrected chi connectivity index (χ1v) is 8.73. The van der Waals surface area contributed by atoms with Gasteiger partial charge in [0, 0.05) is 16.3 Å². The zero-order valence-corrected chi connectivity index (χ0v) is 16.2. The van der Waals surface area contributed by atoms with E-state index >= 15 is 0 Å². The molecular formula is C19H16ClN3O3S. The first-order valence-electron chi connectivity index (χ1n) is 7.91. The van der Waals surface area contributed by atoms with Crippen LogP contribution in [0.2, 0.25) is 5.02 Å². The molecule has 1 atom stereocenters. The van der Waals surface area contributed by atoms with Crippen molar-refractivity contribution in [3.8, 4) is 17.6 Å².